The molecule has 1 fully saturated rings. The molecule has 5 heteroatoms. The van der Waals surface area contributed by atoms with E-state index in [9.17, 15) is 9.59 Å². The number of amides is 1. The Kier molecular flexibility index (Phi) is 13.2. The van der Waals surface area contributed by atoms with Crippen LogP contribution in [0, 0.1) is 11.8 Å². The summed E-state index contributed by atoms with van der Waals surface area (Å²) in [5.41, 5.74) is 0. The lowest BCUT2D eigenvalue weighted by atomic mass is 9.98. The summed E-state index contributed by atoms with van der Waals surface area (Å²) < 4.78 is 5.60. The number of unbranched alkanes of at least 4 members (excludes halogenated alkanes) is 7. The summed E-state index contributed by atoms with van der Waals surface area (Å²) in [4.78, 5) is 28.3. The van der Waals surface area contributed by atoms with Crippen molar-refractivity contribution in [2.24, 2.45) is 11.8 Å². The van der Waals surface area contributed by atoms with Crippen molar-refractivity contribution in [1.82, 2.24) is 9.80 Å². The van der Waals surface area contributed by atoms with Gasteiger partial charge in [0.15, 0.2) is 0 Å². The molecule has 0 saturated carbocycles. The highest BCUT2D eigenvalue weighted by Gasteiger charge is 2.35. The van der Waals surface area contributed by atoms with E-state index >= 15 is 0 Å². The molecule has 1 heterocycles. The molecule has 2 unspecified atom stereocenters. The summed E-state index contributed by atoms with van der Waals surface area (Å²) in [5, 5.41) is 0. The number of carbonyl (C=O) groups excluding carboxylic acids is 2. The first-order valence-corrected chi connectivity index (χ1v) is 11.6. The van der Waals surface area contributed by atoms with E-state index < -0.39 is 0 Å². The highest BCUT2D eigenvalue weighted by Crippen LogP contribution is 2.21. The summed E-state index contributed by atoms with van der Waals surface area (Å²) in [5.74, 6) is 0.0612. The summed E-state index contributed by atoms with van der Waals surface area (Å²) in [7, 11) is 3.98. The fourth-order valence-electron chi connectivity index (χ4n) is 3.76. The number of likely N-dealkylation sites (tertiary alicyclic amines) is 1. The molecule has 0 aromatic carbocycles. The molecule has 0 radical (unpaired) electrons. The van der Waals surface area contributed by atoms with Crippen LogP contribution in [0.1, 0.15) is 84.5 Å². The lowest BCUT2D eigenvalue weighted by Gasteiger charge is -2.19. The molecule has 0 spiro atoms. The maximum absolute atomic E-state index is 12.4. The van der Waals surface area contributed by atoms with Crippen molar-refractivity contribution < 1.29 is 14.3 Å². The van der Waals surface area contributed by atoms with E-state index in [-0.39, 0.29) is 17.8 Å². The quantitative estimate of drug-likeness (QED) is 0.285. The summed E-state index contributed by atoms with van der Waals surface area (Å²) >= 11 is 0. The number of carbonyl (C=O) groups is 2. The second-order valence-electron chi connectivity index (χ2n) is 8.71. The Hall–Kier alpha value is -1.10. The number of esters is 1. The molecule has 5 nitrogen and oxygen atoms in total. The largest absolute Gasteiger partial charge is 0.465 e. The summed E-state index contributed by atoms with van der Waals surface area (Å²) in [6, 6.07) is 0. The average Bonchev–Trinajstić information content (AvgIpc) is 3.05. The maximum atomic E-state index is 12.4. The number of rotatable bonds is 16. The van der Waals surface area contributed by atoms with Gasteiger partial charge in [-0.15, -0.1) is 0 Å². The SMILES string of the molecule is CCCCCCCCCCC(CC)COC(=O)C1CC(=O)N(CCN(C)C)C1. The summed E-state index contributed by atoms with van der Waals surface area (Å²) in [6.45, 7) is 6.96. The fourth-order valence-corrected chi connectivity index (χ4v) is 3.76. The third kappa shape index (κ3) is 10.4. The molecule has 2 atom stereocenters. The van der Waals surface area contributed by atoms with Crippen LogP contribution in [0.3, 0.4) is 0 Å². The normalized spacial score (nSPS) is 18.1. The van der Waals surface area contributed by atoms with E-state index in [1.54, 1.807) is 4.90 Å². The van der Waals surface area contributed by atoms with Gasteiger partial charge in [0.25, 0.3) is 0 Å². The predicted octanol–water partition coefficient (Wildman–Crippen LogP) is 4.50. The monoisotopic (exact) mass is 396 g/mol. The number of nitrogens with zero attached hydrogens (tertiary/aromatic N) is 2. The Morgan fingerprint density at radius 1 is 1.11 bits per heavy atom. The van der Waals surface area contributed by atoms with Gasteiger partial charge in [-0.3, -0.25) is 9.59 Å². The molecule has 0 aromatic heterocycles. The van der Waals surface area contributed by atoms with Crippen molar-refractivity contribution in [3.05, 3.63) is 0 Å². The van der Waals surface area contributed by atoms with Gasteiger partial charge in [-0.25, -0.2) is 0 Å². The summed E-state index contributed by atoms with van der Waals surface area (Å²) in [6.07, 6.45) is 13.1. The Balaban J connectivity index is 2.17. The standard InChI is InChI=1S/C23H44N2O3/c1-5-7-8-9-10-11-12-13-14-20(6-2)19-28-23(27)21-17-22(26)25(18-21)16-15-24(3)4/h20-21H,5-19H2,1-4H3. The first-order valence-electron chi connectivity index (χ1n) is 11.6. The Bertz CT molecular complexity index is 440. The van der Waals surface area contributed by atoms with E-state index in [1.807, 2.05) is 14.1 Å². The van der Waals surface area contributed by atoms with Crippen LogP contribution in [0.25, 0.3) is 0 Å². The minimum atomic E-state index is -0.282. The Morgan fingerprint density at radius 2 is 1.75 bits per heavy atom. The van der Waals surface area contributed by atoms with Crippen molar-refractivity contribution in [1.29, 1.82) is 0 Å². The van der Waals surface area contributed by atoms with Gasteiger partial charge < -0.3 is 14.5 Å². The molecule has 164 valence electrons. The van der Waals surface area contributed by atoms with Crippen LogP contribution in [0.15, 0.2) is 0 Å². The zero-order chi connectivity index (χ0) is 20.8. The molecule has 0 aromatic rings. The van der Waals surface area contributed by atoms with Crippen LogP contribution in [0.2, 0.25) is 0 Å². The van der Waals surface area contributed by atoms with Gasteiger partial charge in [0, 0.05) is 26.1 Å². The lowest BCUT2D eigenvalue weighted by molar-refractivity contribution is -0.149. The van der Waals surface area contributed by atoms with Crippen LogP contribution < -0.4 is 0 Å². The molecular formula is C23H44N2O3. The van der Waals surface area contributed by atoms with Gasteiger partial charge in [0.1, 0.15) is 0 Å². The second kappa shape index (κ2) is 14.8. The van der Waals surface area contributed by atoms with E-state index in [4.69, 9.17) is 4.74 Å². The van der Waals surface area contributed by atoms with Gasteiger partial charge in [0.05, 0.1) is 12.5 Å². The zero-order valence-corrected chi connectivity index (χ0v) is 18.9. The van der Waals surface area contributed by atoms with Crippen LogP contribution >= 0.6 is 0 Å². The van der Waals surface area contributed by atoms with Gasteiger partial charge in [0.2, 0.25) is 5.91 Å². The molecule has 1 aliphatic rings. The third-order valence-electron chi connectivity index (χ3n) is 5.87. The molecule has 0 aliphatic carbocycles. The minimum Gasteiger partial charge on any atom is -0.465 e. The van der Waals surface area contributed by atoms with Gasteiger partial charge in [-0.2, -0.15) is 0 Å². The third-order valence-corrected chi connectivity index (χ3v) is 5.87. The van der Waals surface area contributed by atoms with E-state index in [0.717, 1.165) is 19.4 Å². The van der Waals surface area contributed by atoms with Crippen molar-refractivity contribution >= 4 is 11.9 Å². The molecular weight excluding hydrogens is 352 g/mol. The zero-order valence-electron chi connectivity index (χ0n) is 18.9. The highest BCUT2D eigenvalue weighted by molar-refractivity contribution is 5.86. The molecule has 28 heavy (non-hydrogen) atoms. The van der Waals surface area contributed by atoms with Gasteiger partial charge in [-0.05, 0) is 26.4 Å². The second-order valence-corrected chi connectivity index (χ2v) is 8.71. The number of hydrogen-bond acceptors (Lipinski definition) is 4. The molecule has 1 saturated heterocycles. The number of likely N-dealkylation sites (N-methyl/N-ethyl adjacent to an activating group) is 1. The smallest absolute Gasteiger partial charge is 0.311 e. The Labute approximate surface area is 173 Å². The van der Waals surface area contributed by atoms with Crippen LogP contribution in [0.4, 0.5) is 0 Å². The average molecular weight is 397 g/mol. The van der Waals surface area contributed by atoms with Crippen molar-refractivity contribution in [3.8, 4) is 0 Å². The predicted molar refractivity (Wildman–Crippen MR) is 115 cm³/mol. The lowest BCUT2D eigenvalue weighted by Crippen LogP contribution is -2.33. The number of ether oxygens (including phenoxy) is 1. The highest BCUT2D eigenvalue weighted by atomic mass is 16.5. The molecule has 1 amide bonds. The fraction of sp³-hybridized carbons (Fsp3) is 0.913. The molecule has 1 aliphatic heterocycles. The topological polar surface area (TPSA) is 49.9 Å². The molecule has 0 bridgehead atoms. The van der Waals surface area contributed by atoms with Crippen molar-refractivity contribution in [2.75, 3.05) is 40.3 Å². The van der Waals surface area contributed by atoms with Crippen molar-refractivity contribution in [2.45, 2.75) is 84.5 Å². The number of hydrogen-bond donors (Lipinski definition) is 0. The van der Waals surface area contributed by atoms with Crippen LogP contribution in [-0.2, 0) is 14.3 Å². The van der Waals surface area contributed by atoms with Crippen LogP contribution in [0.5, 0.6) is 0 Å². The molecule has 0 N–H and O–H groups in total. The van der Waals surface area contributed by atoms with Gasteiger partial charge >= 0.3 is 5.97 Å². The van der Waals surface area contributed by atoms with Gasteiger partial charge in [-0.1, -0.05) is 71.6 Å². The van der Waals surface area contributed by atoms with E-state index in [2.05, 4.69) is 18.7 Å². The minimum absolute atomic E-state index is 0.0785. The molecule has 1 rings (SSSR count). The van der Waals surface area contributed by atoms with Crippen LogP contribution in [-0.4, -0.2) is 62.0 Å². The first kappa shape index (κ1) is 24.9. The first-order chi connectivity index (χ1) is 13.5. The van der Waals surface area contributed by atoms with Crippen molar-refractivity contribution in [3.63, 3.8) is 0 Å². The maximum Gasteiger partial charge on any atom is 0.311 e. The Morgan fingerprint density at radius 3 is 2.36 bits per heavy atom. The van der Waals surface area contributed by atoms with E-state index in [1.165, 1.54) is 51.4 Å². The van der Waals surface area contributed by atoms with E-state index in [0.29, 0.717) is 32.0 Å².